The number of guanidine groups is 1. The molecule has 2 aliphatic rings. The summed E-state index contributed by atoms with van der Waals surface area (Å²) in [7, 11) is 1.84. The molecule has 2 N–H and O–H groups in total. The van der Waals surface area contributed by atoms with E-state index in [9.17, 15) is 0 Å². The lowest BCUT2D eigenvalue weighted by atomic mass is 10.1. The molecule has 114 valence electrons. The van der Waals surface area contributed by atoms with E-state index in [0.29, 0.717) is 12.0 Å². The summed E-state index contributed by atoms with van der Waals surface area (Å²) in [6.07, 6.45) is 6.66. The summed E-state index contributed by atoms with van der Waals surface area (Å²) >= 11 is 0. The van der Waals surface area contributed by atoms with Gasteiger partial charge in [0.25, 0.3) is 0 Å². The highest BCUT2D eigenvalue weighted by Gasteiger charge is 2.15. The number of rotatable bonds is 5. The topological polar surface area (TPSA) is 48.9 Å². The SMILES string of the molecule is CN=C(NCC(C)CN1CCOCC1)NC1CC=CC1. The highest BCUT2D eigenvalue weighted by molar-refractivity contribution is 5.80. The lowest BCUT2D eigenvalue weighted by Crippen LogP contribution is -2.46. The quantitative estimate of drug-likeness (QED) is 0.445. The lowest BCUT2D eigenvalue weighted by molar-refractivity contribution is 0.0320. The standard InChI is InChI=1S/C15H28N4O/c1-13(12-19-7-9-20-10-8-19)11-17-15(16-2)18-14-5-3-4-6-14/h3-4,13-14H,5-12H2,1-2H3,(H2,16,17,18). The van der Waals surface area contributed by atoms with E-state index in [1.165, 1.54) is 0 Å². The smallest absolute Gasteiger partial charge is 0.191 e. The number of morpholine rings is 1. The maximum absolute atomic E-state index is 5.38. The van der Waals surface area contributed by atoms with Gasteiger partial charge in [0.2, 0.25) is 0 Å². The first-order valence-electron chi connectivity index (χ1n) is 7.70. The fraction of sp³-hybridized carbons (Fsp3) is 0.800. The average Bonchev–Trinajstić information content (AvgIpc) is 2.97. The summed E-state index contributed by atoms with van der Waals surface area (Å²) in [5, 5.41) is 6.91. The van der Waals surface area contributed by atoms with Crippen molar-refractivity contribution in [2.75, 3.05) is 46.4 Å². The zero-order valence-electron chi connectivity index (χ0n) is 12.8. The molecule has 1 aliphatic carbocycles. The summed E-state index contributed by atoms with van der Waals surface area (Å²) in [6.45, 7) is 8.23. The summed E-state index contributed by atoms with van der Waals surface area (Å²) in [5.74, 6) is 1.53. The number of hydrogen-bond acceptors (Lipinski definition) is 3. The number of aliphatic imine (C=N–C) groups is 1. The highest BCUT2D eigenvalue weighted by Crippen LogP contribution is 2.08. The number of nitrogens with one attached hydrogen (secondary N) is 2. The lowest BCUT2D eigenvalue weighted by Gasteiger charge is -2.29. The van der Waals surface area contributed by atoms with Crippen molar-refractivity contribution in [1.82, 2.24) is 15.5 Å². The number of nitrogens with zero attached hydrogens (tertiary/aromatic N) is 2. The van der Waals surface area contributed by atoms with E-state index in [1.54, 1.807) is 0 Å². The van der Waals surface area contributed by atoms with Crippen LogP contribution in [0.3, 0.4) is 0 Å². The van der Waals surface area contributed by atoms with E-state index in [2.05, 4.69) is 39.6 Å². The molecular formula is C15H28N4O. The van der Waals surface area contributed by atoms with Crippen LogP contribution in [0.25, 0.3) is 0 Å². The Labute approximate surface area is 122 Å². The van der Waals surface area contributed by atoms with Gasteiger partial charge in [-0.25, -0.2) is 0 Å². The molecule has 1 fully saturated rings. The molecule has 20 heavy (non-hydrogen) atoms. The van der Waals surface area contributed by atoms with Crippen molar-refractivity contribution >= 4 is 5.96 Å². The molecule has 0 spiro atoms. The van der Waals surface area contributed by atoms with Gasteiger partial charge < -0.3 is 15.4 Å². The second-order valence-electron chi connectivity index (χ2n) is 5.76. The second kappa shape index (κ2) is 8.27. The molecular weight excluding hydrogens is 252 g/mol. The predicted octanol–water partition coefficient (Wildman–Crippen LogP) is 0.838. The Morgan fingerprint density at radius 2 is 2.05 bits per heavy atom. The largest absolute Gasteiger partial charge is 0.379 e. The van der Waals surface area contributed by atoms with Gasteiger partial charge in [-0.2, -0.15) is 0 Å². The van der Waals surface area contributed by atoms with Crippen LogP contribution in [0.1, 0.15) is 19.8 Å². The van der Waals surface area contributed by atoms with E-state index in [4.69, 9.17) is 4.74 Å². The minimum Gasteiger partial charge on any atom is -0.379 e. The molecule has 1 heterocycles. The second-order valence-corrected chi connectivity index (χ2v) is 5.76. The Morgan fingerprint density at radius 1 is 1.35 bits per heavy atom. The van der Waals surface area contributed by atoms with E-state index in [1.807, 2.05) is 7.05 Å². The molecule has 1 atom stereocenters. The first-order valence-corrected chi connectivity index (χ1v) is 7.70. The maximum Gasteiger partial charge on any atom is 0.191 e. The molecule has 0 aromatic carbocycles. The summed E-state index contributed by atoms with van der Waals surface area (Å²) in [6, 6.07) is 0.510. The van der Waals surface area contributed by atoms with Crippen molar-refractivity contribution in [3.63, 3.8) is 0 Å². The van der Waals surface area contributed by atoms with Crippen molar-refractivity contribution in [2.24, 2.45) is 10.9 Å². The molecule has 5 nitrogen and oxygen atoms in total. The van der Waals surface area contributed by atoms with Crippen LogP contribution in [0.15, 0.2) is 17.1 Å². The fourth-order valence-electron chi connectivity index (χ4n) is 2.68. The van der Waals surface area contributed by atoms with Gasteiger partial charge in [0.15, 0.2) is 5.96 Å². The van der Waals surface area contributed by atoms with Crippen molar-refractivity contribution in [3.8, 4) is 0 Å². The summed E-state index contributed by atoms with van der Waals surface area (Å²) < 4.78 is 5.38. The van der Waals surface area contributed by atoms with Gasteiger partial charge in [0.1, 0.15) is 0 Å². The van der Waals surface area contributed by atoms with E-state index >= 15 is 0 Å². The van der Waals surface area contributed by atoms with Crippen molar-refractivity contribution < 1.29 is 4.74 Å². The Kier molecular flexibility index (Phi) is 6.33. The molecule has 0 radical (unpaired) electrons. The molecule has 0 aromatic heterocycles. The highest BCUT2D eigenvalue weighted by atomic mass is 16.5. The third-order valence-corrected chi connectivity index (χ3v) is 3.86. The van der Waals surface area contributed by atoms with Crippen molar-refractivity contribution in [3.05, 3.63) is 12.2 Å². The normalized spacial score (nSPS) is 23.0. The van der Waals surface area contributed by atoms with Crippen LogP contribution in [0.2, 0.25) is 0 Å². The van der Waals surface area contributed by atoms with Gasteiger partial charge in [0.05, 0.1) is 13.2 Å². The number of ether oxygens (including phenoxy) is 1. The summed E-state index contributed by atoms with van der Waals surface area (Å²) in [4.78, 5) is 6.78. The van der Waals surface area contributed by atoms with Crippen LogP contribution in [-0.2, 0) is 4.74 Å². The molecule has 0 bridgehead atoms. The molecule has 2 rings (SSSR count). The van der Waals surface area contributed by atoms with E-state index < -0.39 is 0 Å². The van der Waals surface area contributed by atoms with E-state index in [-0.39, 0.29) is 0 Å². The van der Waals surface area contributed by atoms with Crippen LogP contribution >= 0.6 is 0 Å². The third kappa shape index (κ3) is 5.13. The Balaban J connectivity index is 1.64. The minimum absolute atomic E-state index is 0.510. The van der Waals surface area contributed by atoms with Crippen LogP contribution in [0.4, 0.5) is 0 Å². The Morgan fingerprint density at radius 3 is 2.70 bits per heavy atom. The van der Waals surface area contributed by atoms with Crippen LogP contribution < -0.4 is 10.6 Å². The van der Waals surface area contributed by atoms with Crippen LogP contribution in [0.5, 0.6) is 0 Å². The third-order valence-electron chi connectivity index (χ3n) is 3.86. The number of hydrogen-bond donors (Lipinski definition) is 2. The molecule has 0 saturated carbocycles. The van der Waals surface area contributed by atoms with Crippen LogP contribution in [0, 0.1) is 5.92 Å². The zero-order valence-corrected chi connectivity index (χ0v) is 12.8. The summed E-state index contributed by atoms with van der Waals surface area (Å²) in [5.41, 5.74) is 0. The molecule has 1 saturated heterocycles. The van der Waals surface area contributed by atoms with Gasteiger partial charge in [-0.05, 0) is 18.8 Å². The average molecular weight is 280 g/mol. The van der Waals surface area contributed by atoms with Gasteiger partial charge in [-0.3, -0.25) is 9.89 Å². The molecule has 5 heteroatoms. The van der Waals surface area contributed by atoms with Gasteiger partial charge in [-0.1, -0.05) is 19.1 Å². The van der Waals surface area contributed by atoms with Gasteiger partial charge in [-0.15, -0.1) is 0 Å². The van der Waals surface area contributed by atoms with E-state index in [0.717, 1.165) is 58.2 Å². The fourth-order valence-corrected chi connectivity index (χ4v) is 2.68. The Hall–Kier alpha value is -1.07. The molecule has 0 amide bonds. The van der Waals surface area contributed by atoms with Gasteiger partial charge in [0, 0.05) is 39.3 Å². The van der Waals surface area contributed by atoms with Gasteiger partial charge >= 0.3 is 0 Å². The monoisotopic (exact) mass is 280 g/mol. The predicted molar refractivity (Wildman–Crippen MR) is 83.1 cm³/mol. The molecule has 1 unspecified atom stereocenters. The minimum atomic E-state index is 0.510. The molecule has 0 aromatic rings. The molecule has 1 aliphatic heterocycles. The Bertz CT molecular complexity index is 329. The zero-order chi connectivity index (χ0) is 14.2. The first-order chi connectivity index (χ1) is 9.78. The van der Waals surface area contributed by atoms with Crippen molar-refractivity contribution in [1.29, 1.82) is 0 Å². The first kappa shape index (κ1) is 15.3. The maximum atomic E-state index is 5.38. The van der Waals surface area contributed by atoms with Crippen LogP contribution in [-0.4, -0.2) is 63.3 Å². The van der Waals surface area contributed by atoms with Crippen molar-refractivity contribution in [2.45, 2.75) is 25.8 Å².